The van der Waals surface area contributed by atoms with Crippen molar-refractivity contribution >= 4 is 86.4 Å². The molecule has 1 fully saturated rings. The number of thioether (sulfide) groups is 1. The van der Waals surface area contributed by atoms with Crippen LogP contribution in [0.15, 0.2) is 65.6 Å². The summed E-state index contributed by atoms with van der Waals surface area (Å²) in [7, 11) is 0. The van der Waals surface area contributed by atoms with Crippen LogP contribution in [0, 0.1) is 3.57 Å². The first-order valence-corrected chi connectivity index (χ1v) is 14.0. The minimum absolute atomic E-state index is 0.237. The van der Waals surface area contributed by atoms with Crippen LogP contribution in [-0.2, 0) is 16.2 Å². The number of carbonyl (C=O) groups excluding carboxylic acids is 3. The summed E-state index contributed by atoms with van der Waals surface area (Å²) >= 11 is 15.1. The van der Waals surface area contributed by atoms with E-state index in [1.807, 2.05) is 13.0 Å². The van der Waals surface area contributed by atoms with Crippen molar-refractivity contribution in [2.75, 3.05) is 18.5 Å². The molecule has 3 aromatic carbocycles. The van der Waals surface area contributed by atoms with E-state index in [1.54, 1.807) is 60.7 Å². The Hall–Kier alpha value is -2.73. The molecule has 3 aromatic rings. The van der Waals surface area contributed by atoms with Gasteiger partial charge in [-0.1, -0.05) is 35.3 Å². The highest BCUT2D eigenvalue weighted by molar-refractivity contribution is 14.1. The van der Waals surface area contributed by atoms with Crippen molar-refractivity contribution in [1.29, 1.82) is 0 Å². The van der Waals surface area contributed by atoms with Crippen molar-refractivity contribution in [3.63, 3.8) is 0 Å². The first-order valence-electron chi connectivity index (χ1n) is 11.4. The van der Waals surface area contributed by atoms with Gasteiger partial charge in [0.05, 0.1) is 15.1 Å². The molecule has 0 spiro atoms. The summed E-state index contributed by atoms with van der Waals surface area (Å²) in [5.41, 5.74) is 2.06. The Morgan fingerprint density at radius 3 is 2.50 bits per heavy atom. The molecule has 1 saturated heterocycles. The first-order chi connectivity index (χ1) is 18.2. The van der Waals surface area contributed by atoms with Crippen LogP contribution < -0.4 is 14.8 Å². The number of rotatable bonds is 9. The quantitative estimate of drug-likeness (QED) is 0.189. The molecule has 11 heteroatoms. The van der Waals surface area contributed by atoms with Gasteiger partial charge in [-0.25, -0.2) is 0 Å². The zero-order valence-electron chi connectivity index (χ0n) is 20.0. The molecule has 4 rings (SSSR count). The highest BCUT2D eigenvalue weighted by Gasteiger charge is 2.36. The van der Waals surface area contributed by atoms with Crippen molar-refractivity contribution in [3.05, 3.63) is 90.3 Å². The maximum Gasteiger partial charge on any atom is 0.294 e. The van der Waals surface area contributed by atoms with Gasteiger partial charge in [0.25, 0.3) is 11.1 Å². The smallest absolute Gasteiger partial charge is 0.294 e. The Morgan fingerprint density at radius 2 is 1.82 bits per heavy atom. The van der Waals surface area contributed by atoms with Gasteiger partial charge in [0.2, 0.25) is 5.91 Å². The normalized spacial score (nSPS) is 14.2. The molecule has 0 bridgehead atoms. The lowest BCUT2D eigenvalue weighted by Crippen LogP contribution is -2.36. The molecule has 0 aromatic heterocycles. The van der Waals surface area contributed by atoms with Crippen molar-refractivity contribution in [3.8, 4) is 11.5 Å². The molecule has 1 aliphatic heterocycles. The Labute approximate surface area is 247 Å². The molecule has 38 heavy (non-hydrogen) atoms. The van der Waals surface area contributed by atoms with Crippen LogP contribution >= 0.6 is 57.6 Å². The number of benzene rings is 3. The molecule has 1 N–H and O–H groups in total. The second-order valence-electron chi connectivity index (χ2n) is 7.99. The van der Waals surface area contributed by atoms with Crippen molar-refractivity contribution < 1.29 is 23.9 Å². The molecule has 196 valence electrons. The lowest BCUT2D eigenvalue weighted by atomic mass is 10.2. The molecule has 0 unspecified atom stereocenters. The van der Waals surface area contributed by atoms with Gasteiger partial charge in [0.1, 0.15) is 24.7 Å². The van der Waals surface area contributed by atoms with E-state index in [1.165, 1.54) is 0 Å². The number of ether oxygens (including phenoxy) is 2. The standard InChI is InChI=1S/C27H21Cl2IN2O5S/c1-2-36-20-8-6-19(7-9-20)31-25(33)14-32-26(34)24(38-27(32)35)12-16-3-10-23(22(30)11-16)37-15-17-4-5-18(28)13-21(17)29/h3-13H,2,14-15H2,1H3,(H,31,33)/b24-12+. The van der Waals surface area contributed by atoms with Crippen molar-refractivity contribution in [1.82, 2.24) is 4.90 Å². The summed E-state index contributed by atoms with van der Waals surface area (Å²) in [6.45, 7) is 2.30. The molecule has 7 nitrogen and oxygen atoms in total. The summed E-state index contributed by atoms with van der Waals surface area (Å²) in [5, 5.41) is 3.26. The fourth-order valence-electron chi connectivity index (χ4n) is 3.45. The number of carbonyl (C=O) groups is 3. The van der Waals surface area contributed by atoms with E-state index >= 15 is 0 Å². The van der Waals surface area contributed by atoms with Crippen molar-refractivity contribution in [2.45, 2.75) is 13.5 Å². The van der Waals surface area contributed by atoms with Gasteiger partial charge in [-0.05, 0) is 101 Å². The second-order valence-corrected chi connectivity index (χ2v) is 11.0. The van der Waals surface area contributed by atoms with Gasteiger partial charge >= 0.3 is 0 Å². The predicted molar refractivity (Wildman–Crippen MR) is 159 cm³/mol. The fraction of sp³-hybridized carbons (Fsp3) is 0.148. The molecule has 0 atom stereocenters. The fourth-order valence-corrected chi connectivity index (χ4v) is 5.45. The van der Waals surface area contributed by atoms with Gasteiger partial charge in [0, 0.05) is 21.3 Å². The lowest BCUT2D eigenvalue weighted by Gasteiger charge is -2.13. The minimum atomic E-state index is -0.519. The first kappa shape index (κ1) is 28.3. The third-order valence-electron chi connectivity index (χ3n) is 5.28. The van der Waals surface area contributed by atoms with E-state index < -0.39 is 17.1 Å². The van der Waals surface area contributed by atoms with Crippen LogP contribution in [0.25, 0.3) is 6.08 Å². The van der Waals surface area contributed by atoms with Gasteiger partial charge in [0.15, 0.2) is 0 Å². The Bertz CT molecular complexity index is 1420. The summed E-state index contributed by atoms with van der Waals surface area (Å²) in [6.07, 6.45) is 1.62. The number of anilines is 1. The molecular weight excluding hydrogens is 662 g/mol. The maximum atomic E-state index is 12.9. The van der Waals surface area contributed by atoms with Crippen molar-refractivity contribution in [2.24, 2.45) is 0 Å². The number of imide groups is 1. The third-order valence-corrected chi connectivity index (χ3v) is 7.61. The van der Waals surface area contributed by atoms with Gasteiger partial charge in [-0.15, -0.1) is 0 Å². The molecule has 3 amide bonds. The van der Waals surface area contributed by atoms with Crippen LogP contribution in [0.2, 0.25) is 10.0 Å². The highest BCUT2D eigenvalue weighted by Crippen LogP contribution is 2.33. The zero-order chi connectivity index (χ0) is 27.2. The Balaban J connectivity index is 1.37. The summed E-state index contributed by atoms with van der Waals surface area (Å²) in [4.78, 5) is 39.0. The number of amides is 3. The average Bonchev–Trinajstić information content (AvgIpc) is 3.13. The Kier molecular flexibility index (Phi) is 9.59. The number of halogens is 3. The van der Waals surface area contributed by atoms with E-state index in [-0.39, 0.29) is 18.1 Å². The summed E-state index contributed by atoms with van der Waals surface area (Å²) in [6, 6.07) is 17.5. The summed E-state index contributed by atoms with van der Waals surface area (Å²) < 4.78 is 12.1. The summed E-state index contributed by atoms with van der Waals surface area (Å²) in [5.74, 6) is 0.332. The van der Waals surface area contributed by atoms with Crippen LogP contribution in [0.3, 0.4) is 0 Å². The average molecular weight is 683 g/mol. The van der Waals surface area contributed by atoms with Gasteiger partial charge in [-0.3, -0.25) is 19.3 Å². The number of hydrogen-bond acceptors (Lipinski definition) is 6. The number of nitrogens with zero attached hydrogens (tertiary/aromatic N) is 1. The predicted octanol–water partition coefficient (Wildman–Crippen LogP) is 7.25. The van der Waals surface area contributed by atoms with Crippen LogP contribution in [0.1, 0.15) is 18.1 Å². The van der Waals surface area contributed by atoms with E-state index in [0.29, 0.717) is 33.8 Å². The molecule has 0 radical (unpaired) electrons. The number of hydrogen-bond donors (Lipinski definition) is 1. The monoisotopic (exact) mass is 682 g/mol. The van der Waals surface area contributed by atoms with Crippen LogP contribution in [0.4, 0.5) is 10.5 Å². The van der Waals surface area contributed by atoms with Gasteiger partial charge in [-0.2, -0.15) is 0 Å². The molecule has 1 heterocycles. The van der Waals surface area contributed by atoms with E-state index in [9.17, 15) is 14.4 Å². The SMILES string of the molecule is CCOc1ccc(NC(=O)CN2C(=O)S/C(=C/c3ccc(OCc4ccc(Cl)cc4Cl)c(I)c3)C2=O)cc1. The second kappa shape index (κ2) is 12.9. The van der Waals surface area contributed by atoms with E-state index in [4.69, 9.17) is 32.7 Å². The molecule has 0 aliphatic carbocycles. The minimum Gasteiger partial charge on any atom is -0.494 e. The molecular formula is C27H21Cl2IN2O5S. The number of nitrogens with one attached hydrogen (secondary N) is 1. The van der Waals surface area contributed by atoms with Gasteiger partial charge < -0.3 is 14.8 Å². The van der Waals surface area contributed by atoms with Crippen LogP contribution in [0.5, 0.6) is 11.5 Å². The molecule has 0 saturated carbocycles. The third kappa shape index (κ3) is 7.22. The Morgan fingerprint density at radius 1 is 1.05 bits per heavy atom. The largest absolute Gasteiger partial charge is 0.494 e. The van der Waals surface area contributed by atoms with E-state index in [0.717, 1.165) is 31.4 Å². The van der Waals surface area contributed by atoms with E-state index in [2.05, 4.69) is 27.9 Å². The lowest BCUT2D eigenvalue weighted by molar-refractivity contribution is -0.127. The molecule has 1 aliphatic rings. The topological polar surface area (TPSA) is 84.9 Å². The highest BCUT2D eigenvalue weighted by atomic mass is 127. The maximum absolute atomic E-state index is 12.9. The van der Waals surface area contributed by atoms with Crippen LogP contribution in [-0.4, -0.2) is 35.1 Å². The zero-order valence-corrected chi connectivity index (χ0v) is 24.5.